The van der Waals surface area contributed by atoms with Crippen molar-refractivity contribution < 1.29 is 14.6 Å². The molecule has 2 heterocycles. The van der Waals surface area contributed by atoms with E-state index in [2.05, 4.69) is 5.01 Å². The minimum atomic E-state index is -0.892. The van der Waals surface area contributed by atoms with E-state index >= 15 is 0 Å². The van der Waals surface area contributed by atoms with Crippen LogP contribution in [0.15, 0.2) is 18.5 Å². The number of carboxylic acids is 1. The third kappa shape index (κ3) is 1.72. The van der Waals surface area contributed by atoms with Gasteiger partial charge in [-0.3, -0.25) is 4.68 Å². The number of carbonyl (C=O) groups is 1. The first-order valence-electron chi connectivity index (χ1n) is 4.51. The van der Waals surface area contributed by atoms with Crippen LogP contribution in [0.25, 0.3) is 0 Å². The van der Waals surface area contributed by atoms with Crippen molar-refractivity contribution in [2.24, 2.45) is 0 Å². The summed E-state index contributed by atoms with van der Waals surface area (Å²) < 4.78 is 7.02. The minimum absolute atomic E-state index is 0.316. The van der Waals surface area contributed by atoms with Gasteiger partial charge in [0, 0.05) is 12.4 Å². The molecular weight excluding hydrogens is 184 g/mol. The molecule has 0 amide bonds. The van der Waals surface area contributed by atoms with Crippen LogP contribution in [0.1, 0.15) is 10.4 Å². The van der Waals surface area contributed by atoms with Crippen LogP contribution in [0, 0.1) is 0 Å². The summed E-state index contributed by atoms with van der Waals surface area (Å²) in [6.07, 6.45) is 3.38. The third-order valence-electron chi connectivity index (χ3n) is 2.24. The van der Waals surface area contributed by atoms with Crippen LogP contribution >= 0.6 is 0 Å². The molecule has 1 saturated heterocycles. The van der Waals surface area contributed by atoms with E-state index in [0.717, 1.165) is 13.1 Å². The van der Waals surface area contributed by atoms with Gasteiger partial charge in [0.1, 0.15) is 0 Å². The number of aromatic nitrogens is 1. The van der Waals surface area contributed by atoms with Crippen molar-refractivity contribution in [3.63, 3.8) is 0 Å². The van der Waals surface area contributed by atoms with Gasteiger partial charge in [-0.15, -0.1) is 0 Å². The number of ether oxygens (including phenoxy) is 1. The molecule has 0 spiro atoms. The van der Waals surface area contributed by atoms with Crippen molar-refractivity contribution in [2.45, 2.75) is 0 Å². The number of carboxylic acid groups (broad SMARTS) is 1. The van der Waals surface area contributed by atoms with Crippen LogP contribution in [0.4, 0.5) is 0 Å². The monoisotopic (exact) mass is 196 g/mol. The summed E-state index contributed by atoms with van der Waals surface area (Å²) in [7, 11) is 0. The summed E-state index contributed by atoms with van der Waals surface area (Å²) in [5.41, 5.74) is 0.316. The molecular formula is C9H12N2O3. The van der Waals surface area contributed by atoms with Crippen LogP contribution in [-0.4, -0.2) is 42.1 Å². The highest BCUT2D eigenvalue weighted by Crippen LogP contribution is 2.04. The predicted molar refractivity (Wildman–Crippen MR) is 50.2 cm³/mol. The van der Waals surface area contributed by atoms with Crippen LogP contribution < -0.4 is 5.01 Å². The zero-order valence-corrected chi connectivity index (χ0v) is 7.72. The van der Waals surface area contributed by atoms with Crippen LogP contribution in [0.3, 0.4) is 0 Å². The van der Waals surface area contributed by atoms with Crippen molar-refractivity contribution in [2.75, 3.05) is 31.3 Å². The Kier molecular flexibility index (Phi) is 2.41. The molecule has 76 valence electrons. The predicted octanol–water partition coefficient (Wildman–Crippen LogP) is 0.154. The highest BCUT2D eigenvalue weighted by atomic mass is 16.5. The Bertz CT molecular complexity index is 329. The molecule has 1 aromatic heterocycles. The van der Waals surface area contributed by atoms with Crippen molar-refractivity contribution in [1.29, 1.82) is 0 Å². The maximum Gasteiger partial charge on any atom is 0.337 e. The summed E-state index contributed by atoms with van der Waals surface area (Å²) in [5, 5.41) is 10.8. The molecule has 5 nitrogen and oxygen atoms in total. The lowest BCUT2D eigenvalue weighted by Gasteiger charge is -2.29. The molecule has 0 atom stereocenters. The van der Waals surface area contributed by atoms with Gasteiger partial charge in [0.2, 0.25) is 0 Å². The molecule has 5 heteroatoms. The highest BCUT2D eigenvalue weighted by Gasteiger charge is 2.12. The van der Waals surface area contributed by atoms with Gasteiger partial charge in [-0.2, -0.15) is 0 Å². The summed E-state index contributed by atoms with van der Waals surface area (Å²) in [6, 6.07) is 1.60. The molecule has 14 heavy (non-hydrogen) atoms. The number of morpholine rings is 1. The SMILES string of the molecule is O=C(O)c1ccn(N2CCOCC2)c1. The number of nitrogens with zero attached hydrogens (tertiary/aromatic N) is 2. The zero-order chi connectivity index (χ0) is 9.97. The van der Waals surface area contributed by atoms with E-state index in [4.69, 9.17) is 9.84 Å². The van der Waals surface area contributed by atoms with Gasteiger partial charge in [0.25, 0.3) is 0 Å². The summed E-state index contributed by atoms with van der Waals surface area (Å²) >= 11 is 0. The average Bonchev–Trinajstić information content (AvgIpc) is 2.68. The first-order valence-corrected chi connectivity index (χ1v) is 4.51. The molecule has 2 rings (SSSR count). The number of rotatable bonds is 2. The molecule has 1 aliphatic heterocycles. The van der Waals surface area contributed by atoms with Crippen molar-refractivity contribution in [1.82, 2.24) is 4.68 Å². The molecule has 0 radical (unpaired) electrons. The normalized spacial score (nSPS) is 17.0. The maximum absolute atomic E-state index is 10.6. The Balaban J connectivity index is 2.11. The van der Waals surface area contributed by atoms with Gasteiger partial charge in [-0.1, -0.05) is 0 Å². The fourth-order valence-corrected chi connectivity index (χ4v) is 1.47. The maximum atomic E-state index is 10.6. The molecule has 0 saturated carbocycles. The first-order chi connectivity index (χ1) is 6.77. The van der Waals surface area contributed by atoms with E-state index in [1.807, 2.05) is 4.68 Å². The standard InChI is InChI=1S/C9H12N2O3/c12-9(13)8-1-2-11(7-8)10-3-5-14-6-4-10/h1-2,7H,3-6H2,(H,12,13). The highest BCUT2D eigenvalue weighted by molar-refractivity contribution is 5.87. The van der Waals surface area contributed by atoms with E-state index in [-0.39, 0.29) is 0 Å². The van der Waals surface area contributed by atoms with E-state index in [1.54, 1.807) is 18.5 Å². The van der Waals surface area contributed by atoms with Crippen LogP contribution in [0.2, 0.25) is 0 Å². The van der Waals surface area contributed by atoms with E-state index in [9.17, 15) is 4.79 Å². The van der Waals surface area contributed by atoms with Gasteiger partial charge in [0.05, 0.1) is 31.9 Å². The second-order valence-corrected chi connectivity index (χ2v) is 3.15. The van der Waals surface area contributed by atoms with Gasteiger partial charge >= 0.3 is 5.97 Å². The summed E-state index contributed by atoms with van der Waals surface area (Å²) in [5.74, 6) is -0.892. The van der Waals surface area contributed by atoms with Crippen LogP contribution in [0.5, 0.6) is 0 Å². The first kappa shape index (κ1) is 9.08. The zero-order valence-electron chi connectivity index (χ0n) is 7.72. The van der Waals surface area contributed by atoms with E-state index in [0.29, 0.717) is 18.8 Å². The Morgan fingerprint density at radius 1 is 1.43 bits per heavy atom. The Morgan fingerprint density at radius 2 is 2.14 bits per heavy atom. The van der Waals surface area contributed by atoms with Gasteiger partial charge in [-0.25, -0.2) is 4.79 Å². The molecule has 1 aliphatic rings. The fourth-order valence-electron chi connectivity index (χ4n) is 1.47. The number of aromatic carboxylic acids is 1. The van der Waals surface area contributed by atoms with Crippen LogP contribution in [-0.2, 0) is 4.74 Å². The summed E-state index contributed by atoms with van der Waals surface area (Å²) in [4.78, 5) is 10.6. The number of hydrogen-bond acceptors (Lipinski definition) is 3. The topological polar surface area (TPSA) is 54.7 Å². The minimum Gasteiger partial charge on any atom is -0.478 e. The molecule has 1 aromatic rings. The Morgan fingerprint density at radius 3 is 2.71 bits per heavy atom. The smallest absolute Gasteiger partial charge is 0.337 e. The van der Waals surface area contributed by atoms with Crippen molar-refractivity contribution in [3.05, 3.63) is 24.0 Å². The molecule has 0 aliphatic carbocycles. The van der Waals surface area contributed by atoms with E-state index in [1.165, 1.54) is 0 Å². The van der Waals surface area contributed by atoms with Gasteiger partial charge < -0.3 is 14.9 Å². The molecule has 1 N–H and O–H groups in total. The Labute approximate surface area is 81.5 Å². The van der Waals surface area contributed by atoms with E-state index < -0.39 is 5.97 Å². The summed E-state index contributed by atoms with van der Waals surface area (Å²) in [6.45, 7) is 2.99. The van der Waals surface area contributed by atoms with Crippen molar-refractivity contribution in [3.8, 4) is 0 Å². The Hall–Kier alpha value is -1.49. The fraction of sp³-hybridized carbons (Fsp3) is 0.444. The number of hydrogen-bond donors (Lipinski definition) is 1. The largest absolute Gasteiger partial charge is 0.478 e. The van der Waals surface area contributed by atoms with Gasteiger partial charge in [-0.05, 0) is 6.07 Å². The average molecular weight is 196 g/mol. The van der Waals surface area contributed by atoms with Crippen molar-refractivity contribution >= 4 is 5.97 Å². The lowest BCUT2D eigenvalue weighted by atomic mass is 10.4. The third-order valence-corrected chi connectivity index (χ3v) is 2.24. The molecule has 1 fully saturated rings. The molecule has 0 aromatic carbocycles. The lowest BCUT2D eigenvalue weighted by Crippen LogP contribution is -2.43. The quantitative estimate of drug-likeness (QED) is 0.731. The second kappa shape index (κ2) is 3.71. The molecule has 0 bridgehead atoms. The second-order valence-electron chi connectivity index (χ2n) is 3.15. The molecule has 0 unspecified atom stereocenters. The lowest BCUT2D eigenvalue weighted by molar-refractivity contribution is 0.0696. The van der Waals surface area contributed by atoms with Gasteiger partial charge in [0.15, 0.2) is 0 Å².